The molecule has 14 heavy (non-hydrogen) atoms. The first-order valence-electron chi connectivity index (χ1n) is 4.13. The molecule has 0 bridgehead atoms. The van der Waals surface area contributed by atoms with E-state index >= 15 is 0 Å². The van der Waals surface area contributed by atoms with Crippen LogP contribution in [0.5, 0.6) is 0 Å². The number of aliphatic carboxylic acids is 1. The van der Waals surface area contributed by atoms with Crippen molar-refractivity contribution in [3.63, 3.8) is 0 Å². The third kappa shape index (κ3) is 5.90. The summed E-state index contributed by atoms with van der Waals surface area (Å²) in [6, 6.07) is 9.81. The minimum atomic E-state index is -0.793. The Morgan fingerprint density at radius 3 is 2.43 bits per heavy atom. The minimum Gasteiger partial charge on any atom is -0.480 e. The standard InChI is InChI=1S/C10H13NO2.K/c1-11(8-10(12)13)7-9-5-3-2-4-6-9;/h2-6H,7-8H2,1H3,(H,12,13);. The van der Waals surface area contributed by atoms with E-state index in [1.807, 2.05) is 30.3 Å². The number of carboxylic acids is 1. The topological polar surface area (TPSA) is 40.5 Å². The molecular weight excluding hydrogens is 205 g/mol. The third-order valence-electron chi connectivity index (χ3n) is 1.70. The van der Waals surface area contributed by atoms with Crippen LogP contribution in [0, 0.1) is 0 Å². The molecule has 0 spiro atoms. The number of carboxylic acid groups (broad SMARTS) is 1. The van der Waals surface area contributed by atoms with Crippen molar-refractivity contribution in [2.45, 2.75) is 6.54 Å². The van der Waals surface area contributed by atoms with Crippen LogP contribution in [-0.4, -0.2) is 81.0 Å². The maximum absolute atomic E-state index is 10.4. The molecule has 1 aromatic carbocycles. The number of carbonyl (C=O) groups is 1. The molecule has 0 heterocycles. The smallest absolute Gasteiger partial charge is 0.317 e. The van der Waals surface area contributed by atoms with Gasteiger partial charge in [0.2, 0.25) is 0 Å². The molecule has 0 amide bonds. The quantitative estimate of drug-likeness (QED) is 0.761. The summed E-state index contributed by atoms with van der Waals surface area (Å²) in [7, 11) is 1.79. The third-order valence-corrected chi connectivity index (χ3v) is 1.70. The molecule has 1 aromatic rings. The summed E-state index contributed by atoms with van der Waals surface area (Å²) < 4.78 is 0. The molecule has 0 aromatic heterocycles. The van der Waals surface area contributed by atoms with Crippen molar-refractivity contribution in [3.8, 4) is 0 Å². The van der Waals surface area contributed by atoms with Crippen molar-refractivity contribution in [1.82, 2.24) is 4.90 Å². The molecule has 0 aliphatic heterocycles. The average Bonchev–Trinajstić information content (AvgIpc) is 2.04. The van der Waals surface area contributed by atoms with E-state index in [-0.39, 0.29) is 57.9 Å². The molecule has 3 nitrogen and oxygen atoms in total. The van der Waals surface area contributed by atoms with Crippen molar-refractivity contribution in [2.75, 3.05) is 13.6 Å². The average molecular weight is 218 g/mol. The van der Waals surface area contributed by atoms with Crippen LogP contribution < -0.4 is 0 Å². The van der Waals surface area contributed by atoms with E-state index in [2.05, 4.69) is 0 Å². The van der Waals surface area contributed by atoms with Crippen LogP contribution in [0.4, 0.5) is 0 Å². The molecule has 1 N–H and O–H groups in total. The summed E-state index contributed by atoms with van der Waals surface area (Å²) in [6.07, 6.45) is 0. The van der Waals surface area contributed by atoms with Gasteiger partial charge in [0, 0.05) is 57.9 Å². The second kappa shape index (κ2) is 7.56. The molecule has 0 aliphatic rings. The SMILES string of the molecule is CN(CC(=O)O)Cc1ccccc1.[K]. The Labute approximate surface area is 127 Å². The van der Waals surface area contributed by atoms with Crippen LogP contribution in [0.3, 0.4) is 0 Å². The van der Waals surface area contributed by atoms with E-state index in [4.69, 9.17) is 5.11 Å². The number of hydrogen-bond donors (Lipinski definition) is 1. The van der Waals surface area contributed by atoms with Gasteiger partial charge in [0.15, 0.2) is 0 Å². The normalized spacial score (nSPS) is 9.57. The zero-order chi connectivity index (χ0) is 9.68. The van der Waals surface area contributed by atoms with Crippen molar-refractivity contribution in [3.05, 3.63) is 35.9 Å². The van der Waals surface area contributed by atoms with E-state index in [9.17, 15) is 4.79 Å². The molecular formula is C10H13KNO2. The van der Waals surface area contributed by atoms with E-state index in [0.29, 0.717) is 6.54 Å². The minimum absolute atomic E-state index is 0. The van der Waals surface area contributed by atoms with Gasteiger partial charge in [0.1, 0.15) is 0 Å². The van der Waals surface area contributed by atoms with Gasteiger partial charge < -0.3 is 5.11 Å². The van der Waals surface area contributed by atoms with Gasteiger partial charge in [-0.05, 0) is 12.6 Å². The predicted octanol–water partition coefficient (Wildman–Crippen LogP) is 0.822. The van der Waals surface area contributed by atoms with Crippen LogP contribution in [-0.2, 0) is 11.3 Å². The zero-order valence-electron chi connectivity index (χ0n) is 8.60. The van der Waals surface area contributed by atoms with Crippen LogP contribution in [0.2, 0.25) is 0 Å². The van der Waals surface area contributed by atoms with Gasteiger partial charge in [-0.15, -0.1) is 0 Å². The molecule has 0 saturated carbocycles. The maximum atomic E-state index is 10.4. The Kier molecular flexibility index (Phi) is 7.72. The van der Waals surface area contributed by atoms with E-state index < -0.39 is 5.97 Å². The first kappa shape index (κ1) is 14.3. The van der Waals surface area contributed by atoms with Gasteiger partial charge in [-0.2, -0.15) is 0 Å². The summed E-state index contributed by atoms with van der Waals surface area (Å²) in [5.74, 6) is -0.793. The summed E-state index contributed by atoms with van der Waals surface area (Å²) in [6.45, 7) is 0.752. The van der Waals surface area contributed by atoms with Crippen molar-refractivity contribution in [2.24, 2.45) is 0 Å². The van der Waals surface area contributed by atoms with Crippen molar-refractivity contribution in [1.29, 1.82) is 0 Å². The Hall–Kier alpha value is 0.286. The number of rotatable bonds is 4. The molecule has 0 saturated heterocycles. The number of likely N-dealkylation sites (N-methyl/N-ethyl adjacent to an activating group) is 1. The zero-order valence-corrected chi connectivity index (χ0v) is 11.7. The summed E-state index contributed by atoms with van der Waals surface area (Å²) in [5, 5.41) is 8.52. The van der Waals surface area contributed by atoms with Gasteiger partial charge in [-0.1, -0.05) is 30.3 Å². The molecule has 71 valence electrons. The number of benzene rings is 1. The fourth-order valence-electron chi connectivity index (χ4n) is 1.18. The first-order chi connectivity index (χ1) is 6.18. The fraction of sp³-hybridized carbons (Fsp3) is 0.300. The Morgan fingerprint density at radius 2 is 1.93 bits per heavy atom. The van der Waals surface area contributed by atoms with Crippen LogP contribution in [0.25, 0.3) is 0 Å². The summed E-state index contributed by atoms with van der Waals surface area (Å²) in [5.41, 5.74) is 1.13. The van der Waals surface area contributed by atoms with Crippen molar-refractivity contribution >= 4 is 57.4 Å². The second-order valence-electron chi connectivity index (χ2n) is 3.05. The Balaban J connectivity index is 0.00000169. The largest absolute Gasteiger partial charge is 0.480 e. The van der Waals surface area contributed by atoms with Gasteiger partial charge in [0.25, 0.3) is 0 Å². The van der Waals surface area contributed by atoms with Gasteiger partial charge >= 0.3 is 5.97 Å². The fourth-order valence-corrected chi connectivity index (χ4v) is 1.18. The molecule has 1 rings (SSSR count). The van der Waals surface area contributed by atoms with E-state index in [0.717, 1.165) is 5.56 Å². The van der Waals surface area contributed by atoms with Gasteiger partial charge in [0.05, 0.1) is 6.54 Å². The van der Waals surface area contributed by atoms with Crippen molar-refractivity contribution < 1.29 is 9.90 Å². The molecule has 4 heteroatoms. The molecule has 0 unspecified atom stereocenters. The first-order valence-corrected chi connectivity index (χ1v) is 4.13. The monoisotopic (exact) mass is 218 g/mol. The van der Waals surface area contributed by atoms with E-state index in [1.54, 1.807) is 11.9 Å². The molecule has 0 fully saturated rings. The van der Waals surface area contributed by atoms with Gasteiger partial charge in [-0.25, -0.2) is 0 Å². The number of nitrogens with zero attached hydrogens (tertiary/aromatic N) is 1. The molecule has 0 aliphatic carbocycles. The Bertz CT molecular complexity index is 277. The van der Waals surface area contributed by atoms with Crippen LogP contribution in [0.1, 0.15) is 5.56 Å². The van der Waals surface area contributed by atoms with Gasteiger partial charge in [-0.3, -0.25) is 9.69 Å². The summed E-state index contributed by atoms with van der Waals surface area (Å²) in [4.78, 5) is 12.1. The summed E-state index contributed by atoms with van der Waals surface area (Å²) >= 11 is 0. The maximum Gasteiger partial charge on any atom is 0.317 e. The number of hydrogen-bond acceptors (Lipinski definition) is 2. The van der Waals surface area contributed by atoms with E-state index in [1.165, 1.54) is 0 Å². The Morgan fingerprint density at radius 1 is 1.36 bits per heavy atom. The van der Waals surface area contributed by atoms with Crippen LogP contribution in [0.15, 0.2) is 30.3 Å². The van der Waals surface area contributed by atoms with Crippen LogP contribution >= 0.6 is 0 Å². The molecule has 0 atom stereocenters. The second-order valence-corrected chi connectivity index (χ2v) is 3.05. The molecule has 1 radical (unpaired) electrons. The predicted molar refractivity (Wildman–Crippen MR) is 56.2 cm³/mol.